The summed E-state index contributed by atoms with van der Waals surface area (Å²) in [5.41, 5.74) is 0.797. The fourth-order valence-electron chi connectivity index (χ4n) is 1.87. The molecule has 128 valence electrons. The van der Waals surface area contributed by atoms with E-state index in [2.05, 4.69) is 0 Å². The Labute approximate surface area is 131 Å². The van der Waals surface area contributed by atoms with Gasteiger partial charge in [0, 0.05) is 6.42 Å². The van der Waals surface area contributed by atoms with Gasteiger partial charge in [0.2, 0.25) is 5.91 Å². The average Bonchev–Trinajstić information content (AvgIpc) is 2.44. The first kappa shape index (κ1) is 18.8. The van der Waals surface area contributed by atoms with E-state index in [4.69, 9.17) is 9.84 Å². The van der Waals surface area contributed by atoms with Crippen molar-refractivity contribution in [3.05, 3.63) is 29.8 Å². The van der Waals surface area contributed by atoms with E-state index in [1.807, 2.05) is 12.2 Å². The summed E-state index contributed by atoms with van der Waals surface area (Å²) in [5, 5.41) is 10.6. The van der Waals surface area contributed by atoms with Crippen LogP contribution in [0.3, 0.4) is 0 Å². The van der Waals surface area contributed by atoms with Gasteiger partial charge in [-0.3, -0.25) is 4.79 Å². The molecule has 8 heteroatoms. The van der Waals surface area contributed by atoms with E-state index in [1.54, 1.807) is 24.3 Å². The van der Waals surface area contributed by atoms with Crippen molar-refractivity contribution < 1.29 is 32.6 Å². The third-order valence-corrected chi connectivity index (χ3v) is 2.94. The molecule has 0 spiro atoms. The molecule has 1 aromatic carbocycles. The monoisotopic (exact) mass is 333 g/mol. The van der Waals surface area contributed by atoms with E-state index < -0.39 is 30.5 Å². The van der Waals surface area contributed by atoms with Crippen molar-refractivity contribution in [1.29, 1.82) is 0 Å². The number of carbonyl (C=O) groups is 2. The van der Waals surface area contributed by atoms with Crippen molar-refractivity contribution in [2.24, 2.45) is 0 Å². The first-order valence-electron chi connectivity index (χ1n) is 7.02. The zero-order chi connectivity index (χ0) is 17.5. The Morgan fingerprint density at radius 2 is 1.87 bits per heavy atom. The second-order valence-electron chi connectivity index (χ2n) is 4.85. The molecule has 0 aromatic heterocycles. The number of carbonyl (C=O) groups excluding carboxylic acids is 1. The Morgan fingerprint density at radius 3 is 2.35 bits per heavy atom. The topological polar surface area (TPSA) is 75.6 Å². The number of halogens is 3. The van der Waals surface area contributed by atoms with Gasteiger partial charge >= 0.3 is 12.1 Å². The molecule has 1 rings (SSSR count). The fraction of sp³-hybridized carbons (Fsp3) is 0.467. The van der Waals surface area contributed by atoms with Gasteiger partial charge in [0.05, 0.1) is 13.0 Å². The number of hydrogen-bond donors (Lipinski definition) is 2. The Morgan fingerprint density at radius 1 is 1.26 bits per heavy atom. The standard InChI is InChI=1S/C15H18F3NO4/c1-2-23-11-6-3-10(4-7-11)5-8-13(20)19-12(14(21)22)9-15(16,17)18/h3-4,6-7,12H,2,5,8-9H2,1H3,(H,19,20)(H,21,22). The predicted molar refractivity (Wildman–Crippen MR) is 76.2 cm³/mol. The minimum Gasteiger partial charge on any atom is -0.494 e. The molecule has 1 amide bonds. The van der Waals surface area contributed by atoms with Gasteiger partial charge in [0.25, 0.3) is 0 Å². The minimum absolute atomic E-state index is 0.102. The van der Waals surface area contributed by atoms with Crippen molar-refractivity contribution in [1.82, 2.24) is 5.32 Å². The van der Waals surface area contributed by atoms with Crippen LogP contribution in [0.5, 0.6) is 5.75 Å². The van der Waals surface area contributed by atoms with Crippen LogP contribution in [0.25, 0.3) is 0 Å². The van der Waals surface area contributed by atoms with Crippen molar-refractivity contribution in [2.75, 3.05) is 6.61 Å². The second kappa shape index (κ2) is 8.40. The number of hydrogen-bond acceptors (Lipinski definition) is 3. The van der Waals surface area contributed by atoms with Gasteiger partial charge in [-0.25, -0.2) is 4.79 Å². The molecular weight excluding hydrogens is 315 g/mol. The van der Waals surface area contributed by atoms with Gasteiger partial charge < -0.3 is 15.2 Å². The molecule has 0 radical (unpaired) electrons. The number of aryl methyl sites for hydroxylation is 1. The summed E-state index contributed by atoms with van der Waals surface area (Å²) in [6.07, 6.45) is -6.07. The maximum Gasteiger partial charge on any atom is 0.391 e. The quantitative estimate of drug-likeness (QED) is 0.766. The molecule has 1 atom stereocenters. The van der Waals surface area contributed by atoms with Crippen LogP contribution in [0.2, 0.25) is 0 Å². The molecule has 0 bridgehead atoms. The maximum absolute atomic E-state index is 12.2. The van der Waals surface area contributed by atoms with Crippen LogP contribution in [-0.2, 0) is 16.0 Å². The Bertz CT molecular complexity index is 529. The second-order valence-corrected chi connectivity index (χ2v) is 4.85. The molecule has 5 nitrogen and oxygen atoms in total. The number of alkyl halides is 3. The molecule has 2 N–H and O–H groups in total. The lowest BCUT2D eigenvalue weighted by Gasteiger charge is -2.16. The number of ether oxygens (including phenoxy) is 1. The number of amides is 1. The molecule has 1 aromatic rings. The van der Waals surface area contributed by atoms with Gasteiger partial charge in [-0.05, 0) is 31.0 Å². The summed E-state index contributed by atoms with van der Waals surface area (Å²) in [4.78, 5) is 22.4. The van der Waals surface area contributed by atoms with Crippen LogP contribution in [0.4, 0.5) is 13.2 Å². The Hall–Kier alpha value is -2.25. The van der Waals surface area contributed by atoms with Gasteiger partial charge in [-0.1, -0.05) is 12.1 Å². The number of carboxylic acid groups (broad SMARTS) is 1. The van der Waals surface area contributed by atoms with Crippen LogP contribution in [0.1, 0.15) is 25.3 Å². The Kier molecular flexibility index (Phi) is 6.87. The first-order valence-corrected chi connectivity index (χ1v) is 7.02. The van der Waals surface area contributed by atoms with Crippen molar-refractivity contribution in [3.63, 3.8) is 0 Å². The predicted octanol–water partition coefficient (Wildman–Crippen LogP) is 2.54. The molecule has 0 fully saturated rings. The molecule has 0 aliphatic heterocycles. The van der Waals surface area contributed by atoms with Gasteiger partial charge in [-0.15, -0.1) is 0 Å². The van der Waals surface area contributed by atoms with E-state index in [0.717, 1.165) is 5.56 Å². The minimum atomic E-state index is -4.66. The van der Waals surface area contributed by atoms with Gasteiger partial charge in [0.15, 0.2) is 0 Å². The number of carboxylic acids is 1. The summed E-state index contributed by atoms with van der Waals surface area (Å²) >= 11 is 0. The largest absolute Gasteiger partial charge is 0.494 e. The van der Waals surface area contributed by atoms with Crippen molar-refractivity contribution in [3.8, 4) is 5.75 Å². The third-order valence-electron chi connectivity index (χ3n) is 2.94. The molecule has 0 aliphatic carbocycles. The average molecular weight is 333 g/mol. The highest BCUT2D eigenvalue weighted by molar-refractivity contribution is 5.83. The highest BCUT2D eigenvalue weighted by Crippen LogP contribution is 2.21. The lowest BCUT2D eigenvalue weighted by Crippen LogP contribution is -2.43. The SMILES string of the molecule is CCOc1ccc(CCC(=O)NC(CC(F)(F)F)C(=O)O)cc1. The Balaban J connectivity index is 2.50. The van der Waals surface area contributed by atoms with Crippen LogP contribution >= 0.6 is 0 Å². The summed E-state index contributed by atoms with van der Waals surface area (Å²) in [5.74, 6) is -1.77. The van der Waals surface area contributed by atoms with Gasteiger partial charge in [0.1, 0.15) is 11.8 Å². The summed E-state index contributed by atoms with van der Waals surface area (Å²) in [6.45, 7) is 2.37. The van der Waals surface area contributed by atoms with E-state index in [-0.39, 0.29) is 12.8 Å². The lowest BCUT2D eigenvalue weighted by molar-refractivity contribution is -0.160. The summed E-state index contributed by atoms with van der Waals surface area (Å²) in [6, 6.07) is 4.95. The molecule has 0 heterocycles. The zero-order valence-electron chi connectivity index (χ0n) is 12.5. The molecule has 1 unspecified atom stereocenters. The number of aliphatic carboxylic acids is 1. The molecule has 23 heavy (non-hydrogen) atoms. The normalized spacial score (nSPS) is 12.5. The fourth-order valence-corrected chi connectivity index (χ4v) is 1.87. The van der Waals surface area contributed by atoms with Crippen LogP contribution in [-0.4, -0.2) is 35.8 Å². The third kappa shape index (κ3) is 7.53. The van der Waals surface area contributed by atoms with E-state index >= 15 is 0 Å². The van der Waals surface area contributed by atoms with E-state index in [0.29, 0.717) is 12.4 Å². The molecule has 0 aliphatic rings. The maximum atomic E-state index is 12.2. The van der Waals surface area contributed by atoms with Crippen molar-refractivity contribution in [2.45, 2.75) is 38.4 Å². The number of rotatable bonds is 8. The number of nitrogens with one attached hydrogen (secondary N) is 1. The summed E-state index contributed by atoms with van der Waals surface area (Å²) < 4.78 is 42.0. The van der Waals surface area contributed by atoms with Crippen molar-refractivity contribution >= 4 is 11.9 Å². The summed E-state index contributed by atoms with van der Waals surface area (Å²) in [7, 11) is 0. The van der Waals surface area contributed by atoms with Crippen LogP contribution < -0.4 is 10.1 Å². The smallest absolute Gasteiger partial charge is 0.391 e. The molecule has 0 saturated heterocycles. The first-order chi connectivity index (χ1) is 10.7. The van der Waals surface area contributed by atoms with Crippen LogP contribution in [0.15, 0.2) is 24.3 Å². The molecular formula is C15H18F3NO4. The zero-order valence-corrected chi connectivity index (χ0v) is 12.5. The molecule has 0 saturated carbocycles. The van der Waals surface area contributed by atoms with Gasteiger partial charge in [-0.2, -0.15) is 13.2 Å². The lowest BCUT2D eigenvalue weighted by atomic mass is 10.1. The van der Waals surface area contributed by atoms with E-state index in [1.165, 1.54) is 0 Å². The highest BCUT2D eigenvalue weighted by Gasteiger charge is 2.36. The van der Waals surface area contributed by atoms with E-state index in [9.17, 15) is 22.8 Å². The number of benzene rings is 1. The van der Waals surface area contributed by atoms with Crippen LogP contribution in [0, 0.1) is 0 Å². The highest BCUT2D eigenvalue weighted by atomic mass is 19.4.